The minimum absolute atomic E-state index is 0.339. The van der Waals surface area contributed by atoms with E-state index in [1.807, 2.05) is 10.9 Å². The average Bonchev–Trinajstić information content (AvgIpc) is 2.54. The summed E-state index contributed by atoms with van der Waals surface area (Å²) in [5.74, 6) is 0. The van der Waals surface area contributed by atoms with Gasteiger partial charge in [-0.25, -0.2) is 4.68 Å². The van der Waals surface area contributed by atoms with Crippen LogP contribution in [0, 0.1) is 0 Å². The Morgan fingerprint density at radius 1 is 1.54 bits per heavy atom. The molecule has 1 heterocycles. The molecule has 0 saturated heterocycles. The zero-order valence-electron chi connectivity index (χ0n) is 8.62. The topological polar surface area (TPSA) is 42.7 Å². The Balaban J connectivity index is 2.68. The molecule has 0 bridgehead atoms. The third-order valence-corrected chi connectivity index (χ3v) is 2.04. The molecule has 0 fully saturated rings. The van der Waals surface area contributed by atoms with Crippen LogP contribution in [0.25, 0.3) is 0 Å². The summed E-state index contributed by atoms with van der Waals surface area (Å²) in [5, 5.41) is 11.3. The Hall–Kier alpha value is -0.900. The number of rotatable bonds is 5. The van der Waals surface area contributed by atoms with Crippen molar-refractivity contribution in [3.8, 4) is 0 Å². The summed E-state index contributed by atoms with van der Waals surface area (Å²) in [6.45, 7) is 8.30. The predicted molar refractivity (Wildman–Crippen MR) is 52.4 cm³/mol. The van der Waals surface area contributed by atoms with Crippen molar-refractivity contribution in [2.45, 2.75) is 39.8 Å². The quantitative estimate of drug-likeness (QED) is 0.747. The molecule has 1 N–H and O–H groups in total. The molecule has 0 aromatic carbocycles. The fourth-order valence-electron chi connectivity index (χ4n) is 1.40. The van der Waals surface area contributed by atoms with Crippen LogP contribution >= 0.6 is 0 Å². The van der Waals surface area contributed by atoms with E-state index in [4.69, 9.17) is 0 Å². The van der Waals surface area contributed by atoms with Gasteiger partial charge >= 0.3 is 0 Å². The van der Waals surface area contributed by atoms with Crippen LogP contribution in [0.1, 0.15) is 38.9 Å². The lowest BCUT2D eigenvalue weighted by atomic mass is 10.2. The van der Waals surface area contributed by atoms with Gasteiger partial charge in [0.15, 0.2) is 0 Å². The SMILES string of the molecule is CCCn1nncc1C(C)NCC. The molecule has 0 aliphatic rings. The second kappa shape index (κ2) is 4.97. The van der Waals surface area contributed by atoms with Crippen molar-refractivity contribution >= 4 is 0 Å². The first-order valence-corrected chi connectivity index (χ1v) is 4.91. The zero-order chi connectivity index (χ0) is 9.68. The van der Waals surface area contributed by atoms with Gasteiger partial charge in [0.1, 0.15) is 0 Å². The molecule has 1 rings (SSSR count). The maximum absolute atomic E-state index is 4.04. The van der Waals surface area contributed by atoms with Crippen molar-refractivity contribution in [3.05, 3.63) is 11.9 Å². The van der Waals surface area contributed by atoms with Crippen molar-refractivity contribution in [3.63, 3.8) is 0 Å². The first-order chi connectivity index (χ1) is 6.29. The molecule has 13 heavy (non-hydrogen) atoms. The van der Waals surface area contributed by atoms with E-state index >= 15 is 0 Å². The highest BCUT2D eigenvalue weighted by molar-refractivity contribution is 5.00. The highest BCUT2D eigenvalue weighted by atomic mass is 15.4. The summed E-state index contributed by atoms with van der Waals surface area (Å²) >= 11 is 0. The van der Waals surface area contributed by atoms with Crippen LogP contribution in [0.2, 0.25) is 0 Å². The van der Waals surface area contributed by atoms with Crippen LogP contribution in [0.3, 0.4) is 0 Å². The maximum atomic E-state index is 4.04. The summed E-state index contributed by atoms with van der Waals surface area (Å²) in [4.78, 5) is 0. The molecule has 1 unspecified atom stereocenters. The van der Waals surface area contributed by atoms with Crippen molar-refractivity contribution in [1.29, 1.82) is 0 Å². The summed E-state index contributed by atoms with van der Waals surface area (Å²) in [5.41, 5.74) is 1.17. The van der Waals surface area contributed by atoms with E-state index < -0.39 is 0 Å². The van der Waals surface area contributed by atoms with Crippen LogP contribution in [0.15, 0.2) is 6.20 Å². The fraction of sp³-hybridized carbons (Fsp3) is 0.778. The Morgan fingerprint density at radius 2 is 2.31 bits per heavy atom. The van der Waals surface area contributed by atoms with E-state index in [0.717, 1.165) is 19.5 Å². The van der Waals surface area contributed by atoms with E-state index in [1.165, 1.54) is 5.69 Å². The fourth-order valence-corrected chi connectivity index (χ4v) is 1.40. The van der Waals surface area contributed by atoms with E-state index in [-0.39, 0.29) is 0 Å². The predicted octanol–water partition coefficient (Wildman–Crippen LogP) is 1.36. The molecule has 74 valence electrons. The summed E-state index contributed by atoms with van der Waals surface area (Å²) in [7, 11) is 0. The van der Waals surface area contributed by atoms with Gasteiger partial charge in [0, 0.05) is 12.6 Å². The normalized spacial score (nSPS) is 13.2. The van der Waals surface area contributed by atoms with Crippen LogP contribution < -0.4 is 5.32 Å². The largest absolute Gasteiger partial charge is 0.309 e. The lowest BCUT2D eigenvalue weighted by Crippen LogP contribution is -2.21. The van der Waals surface area contributed by atoms with E-state index in [1.54, 1.807) is 0 Å². The summed E-state index contributed by atoms with van der Waals surface area (Å²) in [6.07, 6.45) is 2.93. The molecule has 1 aromatic rings. The van der Waals surface area contributed by atoms with E-state index in [2.05, 4.69) is 36.4 Å². The molecule has 0 radical (unpaired) electrons. The molecule has 1 atom stereocenters. The van der Waals surface area contributed by atoms with Crippen molar-refractivity contribution in [2.75, 3.05) is 6.54 Å². The van der Waals surface area contributed by atoms with Crippen LogP contribution in [0.5, 0.6) is 0 Å². The van der Waals surface area contributed by atoms with Crippen LogP contribution in [0.4, 0.5) is 0 Å². The van der Waals surface area contributed by atoms with Crippen molar-refractivity contribution < 1.29 is 0 Å². The van der Waals surface area contributed by atoms with Gasteiger partial charge in [-0.15, -0.1) is 5.10 Å². The maximum Gasteiger partial charge on any atom is 0.0753 e. The monoisotopic (exact) mass is 182 g/mol. The second-order valence-corrected chi connectivity index (χ2v) is 3.16. The van der Waals surface area contributed by atoms with E-state index in [9.17, 15) is 0 Å². The minimum Gasteiger partial charge on any atom is -0.309 e. The summed E-state index contributed by atoms with van der Waals surface area (Å²) < 4.78 is 1.97. The van der Waals surface area contributed by atoms with Crippen LogP contribution in [-0.4, -0.2) is 21.5 Å². The van der Waals surface area contributed by atoms with E-state index in [0.29, 0.717) is 6.04 Å². The highest BCUT2D eigenvalue weighted by Gasteiger charge is 2.09. The minimum atomic E-state index is 0.339. The molecule has 0 spiro atoms. The third kappa shape index (κ3) is 2.52. The number of hydrogen-bond donors (Lipinski definition) is 1. The molecule has 0 aliphatic carbocycles. The lowest BCUT2D eigenvalue weighted by Gasteiger charge is -2.12. The van der Waals surface area contributed by atoms with Gasteiger partial charge in [-0.1, -0.05) is 19.1 Å². The molecule has 0 aliphatic heterocycles. The summed E-state index contributed by atoms with van der Waals surface area (Å²) in [6, 6.07) is 0.339. The second-order valence-electron chi connectivity index (χ2n) is 3.16. The molecular formula is C9H18N4. The van der Waals surface area contributed by atoms with Crippen molar-refractivity contribution in [1.82, 2.24) is 20.3 Å². The molecule has 4 heteroatoms. The first kappa shape index (κ1) is 10.2. The Kier molecular flexibility index (Phi) is 3.89. The first-order valence-electron chi connectivity index (χ1n) is 4.91. The molecular weight excluding hydrogens is 164 g/mol. The lowest BCUT2D eigenvalue weighted by molar-refractivity contribution is 0.497. The number of nitrogens with one attached hydrogen (secondary N) is 1. The van der Waals surface area contributed by atoms with Crippen molar-refractivity contribution in [2.24, 2.45) is 0 Å². The zero-order valence-corrected chi connectivity index (χ0v) is 8.62. The van der Waals surface area contributed by atoms with Gasteiger partial charge in [-0.3, -0.25) is 0 Å². The number of aryl methyl sites for hydroxylation is 1. The highest BCUT2D eigenvalue weighted by Crippen LogP contribution is 2.09. The average molecular weight is 182 g/mol. The van der Waals surface area contributed by atoms with Gasteiger partial charge < -0.3 is 5.32 Å². The number of aromatic nitrogens is 3. The van der Waals surface area contributed by atoms with Gasteiger partial charge in [0.05, 0.1) is 11.9 Å². The Labute approximate surface area is 79.3 Å². The molecule has 1 aromatic heterocycles. The Bertz CT molecular complexity index is 244. The number of hydrogen-bond acceptors (Lipinski definition) is 3. The Morgan fingerprint density at radius 3 is 2.92 bits per heavy atom. The third-order valence-electron chi connectivity index (χ3n) is 2.04. The number of nitrogens with zero attached hydrogens (tertiary/aromatic N) is 3. The smallest absolute Gasteiger partial charge is 0.0753 e. The van der Waals surface area contributed by atoms with Gasteiger partial charge in [0.25, 0.3) is 0 Å². The molecule has 4 nitrogen and oxygen atoms in total. The standard InChI is InChI=1S/C9H18N4/c1-4-6-13-9(7-11-12-13)8(3)10-5-2/h7-8,10H,4-6H2,1-3H3. The molecule has 0 saturated carbocycles. The van der Waals surface area contributed by atoms with Gasteiger partial charge in [0.2, 0.25) is 0 Å². The molecule has 0 amide bonds. The van der Waals surface area contributed by atoms with Gasteiger partial charge in [-0.05, 0) is 19.9 Å². The van der Waals surface area contributed by atoms with Crippen LogP contribution in [-0.2, 0) is 6.54 Å². The van der Waals surface area contributed by atoms with Gasteiger partial charge in [-0.2, -0.15) is 0 Å².